The number of ketones is 1. The Balaban J connectivity index is 1.29. The molecule has 28 heavy (non-hydrogen) atoms. The van der Waals surface area contributed by atoms with Crippen molar-refractivity contribution in [3.63, 3.8) is 0 Å². The fourth-order valence-electron chi connectivity index (χ4n) is 3.34. The van der Waals surface area contributed by atoms with Crippen LogP contribution in [0.4, 0.5) is 0 Å². The number of likely N-dealkylation sites (tertiary alicyclic amines) is 1. The molecule has 146 valence electrons. The van der Waals surface area contributed by atoms with Crippen LogP contribution in [0.5, 0.6) is 5.88 Å². The van der Waals surface area contributed by atoms with Gasteiger partial charge < -0.3 is 4.74 Å². The topological polar surface area (TPSA) is 68.2 Å². The molecule has 4 rings (SSSR count). The van der Waals surface area contributed by atoms with E-state index >= 15 is 0 Å². The molecule has 1 saturated heterocycles. The fraction of sp³-hybridized carbons (Fsp3) is 0.400. The van der Waals surface area contributed by atoms with E-state index in [1.54, 1.807) is 29.8 Å². The first kappa shape index (κ1) is 19.2. The van der Waals surface area contributed by atoms with Gasteiger partial charge >= 0.3 is 0 Å². The van der Waals surface area contributed by atoms with Gasteiger partial charge in [-0.3, -0.25) is 9.69 Å². The third-order valence-corrected chi connectivity index (χ3v) is 6.78. The van der Waals surface area contributed by atoms with Crippen molar-refractivity contribution < 1.29 is 9.53 Å². The summed E-state index contributed by atoms with van der Waals surface area (Å²) in [4.78, 5) is 29.3. The molecule has 0 unspecified atom stereocenters. The van der Waals surface area contributed by atoms with Gasteiger partial charge in [-0.1, -0.05) is 6.07 Å². The summed E-state index contributed by atoms with van der Waals surface area (Å²) in [7, 11) is 1.61. The number of rotatable bonds is 7. The second-order valence-corrected chi connectivity index (χ2v) is 9.16. The van der Waals surface area contributed by atoms with Crippen molar-refractivity contribution in [3.8, 4) is 16.5 Å². The minimum absolute atomic E-state index is 0.103. The van der Waals surface area contributed by atoms with Gasteiger partial charge in [0, 0.05) is 43.2 Å². The first-order valence-electron chi connectivity index (χ1n) is 9.14. The van der Waals surface area contributed by atoms with E-state index in [1.807, 2.05) is 37.6 Å². The van der Waals surface area contributed by atoms with Gasteiger partial charge in [0.15, 0.2) is 0 Å². The highest BCUT2D eigenvalue weighted by molar-refractivity contribution is 7.16. The molecule has 0 aliphatic carbocycles. The van der Waals surface area contributed by atoms with Crippen molar-refractivity contribution in [2.75, 3.05) is 20.2 Å². The van der Waals surface area contributed by atoms with Crippen LogP contribution in [-0.4, -0.2) is 45.8 Å². The summed E-state index contributed by atoms with van der Waals surface area (Å²) in [5.41, 5.74) is 3.08. The molecule has 1 fully saturated rings. The number of methoxy groups -OCH3 is 1. The molecule has 1 aliphatic heterocycles. The molecule has 6 nitrogen and oxygen atoms in total. The van der Waals surface area contributed by atoms with E-state index in [0.717, 1.165) is 51.5 Å². The van der Waals surface area contributed by atoms with Crippen molar-refractivity contribution >= 4 is 28.5 Å². The maximum Gasteiger partial charge on any atom is 0.212 e. The first-order chi connectivity index (χ1) is 13.5. The summed E-state index contributed by atoms with van der Waals surface area (Å²) in [5, 5.41) is 3.97. The molecule has 3 aromatic heterocycles. The summed E-state index contributed by atoms with van der Waals surface area (Å²) in [5.74, 6) is 1.00. The minimum atomic E-state index is 0.103. The summed E-state index contributed by atoms with van der Waals surface area (Å²) in [6, 6.07) is 3.88. The maximum absolute atomic E-state index is 12.6. The van der Waals surface area contributed by atoms with Crippen LogP contribution in [0.15, 0.2) is 23.7 Å². The lowest BCUT2D eigenvalue weighted by Gasteiger charge is -2.38. The molecule has 1 aliphatic rings. The van der Waals surface area contributed by atoms with Crippen LogP contribution < -0.4 is 4.74 Å². The third kappa shape index (κ3) is 4.14. The monoisotopic (exact) mass is 414 g/mol. The number of aromatic nitrogens is 3. The van der Waals surface area contributed by atoms with E-state index in [-0.39, 0.29) is 11.7 Å². The Kier molecular flexibility index (Phi) is 5.52. The third-order valence-electron chi connectivity index (χ3n) is 4.84. The maximum atomic E-state index is 12.6. The van der Waals surface area contributed by atoms with Gasteiger partial charge in [-0.05, 0) is 19.4 Å². The molecule has 0 bridgehead atoms. The zero-order chi connectivity index (χ0) is 19.7. The zero-order valence-electron chi connectivity index (χ0n) is 16.1. The first-order valence-corrected chi connectivity index (χ1v) is 10.8. The summed E-state index contributed by atoms with van der Waals surface area (Å²) in [6.07, 6.45) is 2.25. The van der Waals surface area contributed by atoms with Gasteiger partial charge in [0.05, 0.1) is 34.8 Å². The van der Waals surface area contributed by atoms with Crippen LogP contribution in [0, 0.1) is 19.8 Å². The smallest absolute Gasteiger partial charge is 0.212 e. The molecule has 4 heterocycles. The van der Waals surface area contributed by atoms with Gasteiger partial charge in [-0.25, -0.2) is 15.0 Å². The highest BCUT2D eigenvalue weighted by Gasteiger charge is 2.32. The Hall–Kier alpha value is -2.16. The molecule has 8 heteroatoms. The second-order valence-electron chi connectivity index (χ2n) is 7.02. The Morgan fingerprint density at radius 2 is 2.11 bits per heavy atom. The van der Waals surface area contributed by atoms with E-state index in [9.17, 15) is 4.79 Å². The number of aryl methyl sites for hydroxylation is 2. The number of hydrogen-bond acceptors (Lipinski definition) is 8. The summed E-state index contributed by atoms with van der Waals surface area (Å²) < 4.78 is 5.08. The standard InChI is InChI=1S/C20H22N4O2S2/c1-12-20(28-13(2)22-12)16-11-27-19(23-16)6-17(25)15-9-24(10-15)8-14-4-5-18(26-3)21-7-14/h4-5,7,11,15H,6,8-10H2,1-3H3. The van der Waals surface area contributed by atoms with Crippen LogP contribution >= 0.6 is 22.7 Å². The number of thiazole rings is 2. The van der Waals surface area contributed by atoms with E-state index in [2.05, 4.69) is 19.9 Å². The predicted molar refractivity (Wildman–Crippen MR) is 111 cm³/mol. The van der Waals surface area contributed by atoms with Crippen molar-refractivity contribution in [1.29, 1.82) is 0 Å². The largest absolute Gasteiger partial charge is 0.481 e. The minimum Gasteiger partial charge on any atom is -0.481 e. The summed E-state index contributed by atoms with van der Waals surface area (Å²) in [6.45, 7) is 6.42. The fourth-order valence-corrected chi connectivity index (χ4v) is 5.09. The van der Waals surface area contributed by atoms with Crippen LogP contribution in [-0.2, 0) is 17.8 Å². The molecule has 0 radical (unpaired) electrons. The quantitative estimate of drug-likeness (QED) is 0.589. The normalized spacial score (nSPS) is 14.8. The van der Waals surface area contributed by atoms with Gasteiger partial charge in [-0.2, -0.15) is 0 Å². The van der Waals surface area contributed by atoms with Crippen molar-refractivity contribution in [3.05, 3.63) is 45.0 Å². The number of hydrogen-bond donors (Lipinski definition) is 0. The van der Waals surface area contributed by atoms with Gasteiger partial charge in [0.1, 0.15) is 10.8 Å². The molecule has 0 atom stereocenters. The lowest BCUT2D eigenvalue weighted by Crippen LogP contribution is -2.50. The highest BCUT2D eigenvalue weighted by atomic mass is 32.1. The Bertz CT molecular complexity index is 975. The van der Waals surface area contributed by atoms with Crippen molar-refractivity contribution in [2.45, 2.75) is 26.8 Å². The zero-order valence-corrected chi connectivity index (χ0v) is 17.8. The molecule has 0 N–H and O–H groups in total. The summed E-state index contributed by atoms with van der Waals surface area (Å²) >= 11 is 3.22. The molecular formula is C20H22N4O2S2. The Morgan fingerprint density at radius 1 is 1.29 bits per heavy atom. The van der Waals surface area contributed by atoms with Crippen LogP contribution in [0.1, 0.15) is 21.3 Å². The van der Waals surface area contributed by atoms with E-state index in [1.165, 1.54) is 0 Å². The molecule has 0 saturated carbocycles. The number of pyridine rings is 1. The van der Waals surface area contributed by atoms with Crippen molar-refractivity contribution in [2.24, 2.45) is 5.92 Å². The highest BCUT2D eigenvalue weighted by Crippen LogP contribution is 2.31. The average molecular weight is 415 g/mol. The molecular weight excluding hydrogens is 392 g/mol. The number of carbonyl (C=O) groups excluding carboxylic acids is 1. The second kappa shape index (κ2) is 8.06. The molecule has 0 amide bonds. The van der Waals surface area contributed by atoms with Crippen LogP contribution in [0.3, 0.4) is 0 Å². The molecule has 0 aromatic carbocycles. The number of carbonyl (C=O) groups is 1. The van der Waals surface area contributed by atoms with Gasteiger partial charge in [0.25, 0.3) is 0 Å². The van der Waals surface area contributed by atoms with Crippen LogP contribution in [0.25, 0.3) is 10.6 Å². The average Bonchev–Trinajstić information content (AvgIpc) is 3.23. The molecule has 0 spiro atoms. The Morgan fingerprint density at radius 3 is 2.75 bits per heavy atom. The molecule has 3 aromatic rings. The van der Waals surface area contributed by atoms with E-state index in [4.69, 9.17) is 4.74 Å². The number of ether oxygens (including phenoxy) is 1. The van der Waals surface area contributed by atoms with Gasteiger partial charge in [0.2, 0.25) is 5.88 Å². The van der Waals surface area contributed by atoms with E-state index in [0.29, 0.717) is 12.3 Å². The number of nitrogens with zero attached hydrogens (tertiary/aromatic N) is 4. The van der Waals surface area contributed by atoms with Crippen LogP contribution in [0.2, 0.25) is 0 Å². The Labute approximate surface area is 172 Å². The SMILES string of the molecule is COc1ccc(CN2CC(C(=O)Cc3nc(-c4sc(C)nc4C)cs3)C2)cn1. The van der Waals surface area contributed by atoms with Crippen molar-refractivity contribution in [1.82, 2.24) is 19.9 Å². The lowest BCUT2D eigenvalue weighted by molar-refractivity contribution is -0.127. The van der Waals surface area contributed by atoms with E-state index < -0.39 is 0 Å². The number of Topliss-reactive ketones (excluding diaryl/α,β-unsaturated/α-hetero) is 1. The lowest BCUT2D eigenvalue weighted by atomic mass is 9.93. The van der Waals surface area contributed by atoms with Gasteiger partial charge in [-0.15, -0.1) is 22.7 Å². The predicted octanol–water partition coefficient (Wildman–Crippen LogP) is 3.53.